The molecule has 15 heavy (non-hydrogen) atoms. The topological polar surface area (TPSA) is 49.5 Å². The molecule has 0 heterocycles. The Morgan fingerprint density at radius 3 is 2.13 bits per heavy atom. The second-order valence-corrected chi connectivity index (χ2v) is 3.52. The molecule has 0 radical (unpaired) electrons. The third kappa shape index (κ3) is 2.94. The molecule has 0 fully saturated rings. The molecule has 3 heteroatoms. The number of nitrogens with zero attached hydrogens (tertiary/aromatic N) is 1. The van der Waals surface area contributed by atoms with E-state index >= 15 is 0 Å². The monoisotopic (exact) mass is 208 g/mol. The zero-order valence-corrected chi connectivity index (χ0v) is 9.48. The smallest absolute Gasteiger partial charge is 0.0912 e. The van der Waals surface area contributed by atoms with E-state index < -0.39 is 6.10 Å². The molecule has 3 N–H and O–H groups in total. The van der Waals surface area contributed by atoms with Crippen molar-refractivity contribution in [3.05, 3.63) is 29.8 Å². The van der Waals surface area contributed by atoms with Crippen LogP contribution < -0.4 is 10.6 Å². The fraction of sp³-hybridized carbons (Fsp3) is 0.500. The second kappa shape index (κ2) is 5.73. The van der Waals surface area contributed by atoms with Gasteiger partial charge >= 0.3 is 0 Å². The summed E-state index contributed by atoms with van der Waals surface area (Å²) in [5.41, 5.74) is 7.46. The van der Waals surface area contributed by atoms with Gasteiger partial charge in [-0.25, -0.2) is 0 Å². The van der Waals surface area contributed by atoms with Crippen molar-refractivity contribution in [3.8, 4) is 0 Å². The SMILES string of the molecule is CCN(CC)c1ccc([C@H](O)CN)cc1. The van der Waals surface area contributed by atoms with Gasteiger partial charge in [0.2, 0.25) is 0 Å². The number of nitrogens with two attached hydrogens (primary N) is 1. The molecular formula is C12H20N2O. The second-order valence-electron chi connectivity index (χ2n) is 3.52. The maximum absolute atomic E-state index is 9.53. The molecule has 0 aliphatic rings. The van der Waals surface area contributed by atoms with E-state index in [1.54, 1.807) is 0 Å². The highest BCUT2D eigenvalue weighted by Crippen LogP contribution is 2.18. The number of anilines is 1. The molecule has 0 amide bonds. The van der Waals surface area contributed by atoms with Crippen molar-refractivity contribution in [2.24, 2.45) is 5.73 Å². The molecule has 0 aliphatic heterocycles. The van der Waals surface area contributed by atoms with Gasteiger partial charge in [0.25, 0.3) is 0 Å². The Kier molecular flexibility index (Phi) is 4.59. The Morgan fingerprint density at radius 1 is 1.20 bits per heavy atom. The van der Waals surface area contributed by atoms with Gasteiger partial charge < -0.3 is 15.7 Å². The van der Waals surface area contributed by atoms with Crippen molar-refractivity contribution in [1.82, 2.24) is 0 Å². The van der Waals surface area contributed by atoms with Crippen LogP contribution in [0.1, 0.15) is 25.5 Å². The molecule has 0 aliphatic carbocycles. The quantitative estimate of drug-likeness (QED) is 0.771. The molecule has 0 saturated carbocycles. The first kappa shape index (κ1) is 12.0. The largest absolute Gasteiger partial charge is 0.387 e. The molecule has 1 aromatic rings. The summed E-state index contributed by atoms with van der Waals surface area (Å²) in [5.74, 6) is 0. The average molecular weight is 208 g/mol. The fourth-order valence-electron chi connectivity index (χ4n) is 1.63. The summed E-state index contributed by atoms with van der Waals surface area (Å²) in [6, 6.07) is 7.93. The van der Waals surface area contributed by atoms with Crippen LogP contribution in [0.4, 0.5) is 5.69 Å². The van der Waals surface area contributed by atoms with E-state index in [0.717, 1.165) is 18.7 Å². The Bertz CT molecular complexity index is 280. The van der Waals surface area contributed by atoms with E-state index in [1.807, 2.05) is 24.3 Å². The van der Waals surface area contributed by atoms with Gasteiger partial charge in [-0.2, -0.15) is 0 Å². The van der Waals surface area contributed by atoms with Crippen molar-refractivity contribution in [2.45, 2.75) is 20.0 Å². The summed E-state index contributed by atoms with van der Waals surface area (Å²) in [4.78, 5) is 2.26. The lowest BCUT2D eigenvalue weighted by Gasteiger charge is -2.21. The lowest BCUT2D eigenvalue weighted by molar-refractivity contribution is 0.187. The summed E-state index contributed by atoms with van der Waals surface area (Å²) in [7, 11) is 0. The summed E-state index contributed by atoms with van der Waals surface area (Å²) in [5, 5.41) is 9.53. The Hall–Kier alpha value is -1.06. The Labute approximate surface area is 91.5 Å². The van der Waals surface area contributed by atoms with Gasteiger partial charge in [-0.15, -0.1) is 0 Å². The first-order valence-electron chi connectivity index (χ1n) is 5.46. The standard InChI is InChI=1S/C12H20N2O/c1-3-14(4-2)11-7-5-10(6-8-11)12(15)9-13/h5-8,12,15H,3-4,9,13H2,1-2H3/t12-/m1/s1. The fourth-order valence-corrected chi connectivity index (χ4v) is 1.63. The third-order valence-electron chi connectivity index (χ3n) is 2.63. The molecule has 1 atom stereocenters. The van der Waals surface area contributed by atoms with Crippen LogP contribution in [0.25, 0.3) is 0 Å². The lowest BCUT2D eigenvalue weighted by Crippen LogP contribution is -2.21. The maximum Gasteiger partial charge on any atom is 0.0912 e. The third-order valence-corrected chi connectivity index (χ3v) is 2.63. The van der Waals surface area contributed by atoms with Crippen molar-refractivity contribution in [2.75, 3.05) is 24.5 Å². The van der Waals surface area contributed by atoms with Gasteiger partial charge in [0.1, 0.15) is 0 Å². The molecule has 1 rings (SSSR count). The summed E-state index contributed by atoms with van der Waals surface area (Å²) in [6.07, 6.45) is -0.546. The normalized spacial score (nSPS) is 12.5. The number of aliphatic hydroxyl groups is 1. The minimum atomic E-state index is -0.546. The van der Waals surface area contributed by atoms with Gasteiger partial charge in [-0.3, -0.25) is 0 Å². The number of hydrogen-bond acceptors (Lipinski definition) is 3. The molecule has 0 saturated heterocycles. The first-order valence-corrected chi connectivity index (χ1v) is 5.46. The number of benzene rings is 1. The number of hydrogen-bond donors (Lipinski definition) is 2. The van der Waals surface area contributed by atoms with E-state index in [1.165, 1.54) is 5.69 Å². The van der Waals surface area contributed by atoms with Crippen LogP contribution in [0.5, 0.6) is 0 Å². The molecule has 1 aromatic carbocycles. The van der Waals surface area contributed by atoms with Crippen LogP contribution in [0.3, 0.4) is 0 Å². The van der Waals surface area contributed by atoms with Crippen LogP contribution in [0.15, 0.2) is 24.3 Å². The number of rotatable bonds is 5. The average Bonchev–Trinajstić information content (AvgIpc) is 2.30. The summed E-state index contributed by atoms with van der Waals surface area (Å²) >= 11 is 0. The molecule has 0 unspecified atom stereocenters. The van der Waals surface area contributed by atoms with E-state index in [0.29, 0.717) is 0 Å². The molecule has 0 spiro atoms. The highest BCUT2D eigenvalue weighted by molar-refractivity contribution is 5.47. The first-order chi connectivity index (χ1) is 7.22. The van der Waals surface area contributed by atoms with Gasteiger partial charge in [0, 0.05) is 25.3 Å². The van der Waals surface area contributed by atoms with Crippen molar-refractivity contribution < 1.29 is 5.11 Å². The predicted octanol–water partition coefficient (Wildman–Crippen LogP) is 1.52. The van der Waals surface area contributed by atoms with E-state index in [-0.39, 0.29) is 6.54 Å². The van der Waals surface area contributed by atoms with Gasteiger partial charge in [0.05, 0.1) is 6.10 Å². The summed E-state index contributed by atoms with van der Waals surface area (Å²) in [6.45, 7) is 6.52. The maximum atomic E-state index is 9.53. The molecular weight excluding hydrogens is 188 g/mol. The minimum Gasteiger partial charge on any atom is -0.387 e. The van der Waals surface area contributed by atoms with Gasteiger partial charge in [-0.1, -0.05) is 12.1 Å². The molecule has 0 bridgehead atoms. The molecule has 3 nitrogen and oxygen atoms in total. The molecule has 0 aromatic heterocycles. The minimum absolute atomic E-state index is 0.268. The van der Waals surface area contributed by atoms with Crippen LogP contribution >= 0.6 is 0 Å². The zero-order valence-electron chi connectivity index (χ0n) is 9.48. The highest BCUT2D eigenvalue weighted by atomic mass is 16.3. The van der Waals surface area contributed by atoms with Gasteiger partial charge in [0.15, 0.2) is 0 Å². The zero-order chi connectivity index (χ0) is 11.3. The van der Waals surface area contributed by atoms with Crippen molar-refractivity contribution in [1.29, 1.82) is 0 Å². The van der Waals surface area contributed by atoms with E-state index in [2.05, 4.69) is 18.7 Å². The van der Waals surface area contributed by atoms with Crippen molar-refractivity contribution in [3.63, 3.8) is 0 Å². The lowest BCUT2D eigenvalue weighted by atomic mass is 10.1. The van der Waals surface area contributed by atoms with E-state index in [4.69, 9.17) is 5.73 Å². The highest BCUT2D eigenvalue weighted by Gasteiger charge is 2.06. The number of aliphatic hydroxyl groups excluding tert-OH is 1. The molecule has 84 valence electrons. The predicted molar refractivity (Wildman–Crippen MR) is 64.0 cm³/mol. The summed E-state index contributed by atoms with van der Waals surface area (Å²) < 4.78 is 0. The Morgan fingerprint density at radius 2 is 1.73 bits per heavy atom. The van der Waals surface area contributed by atoms with Crippen LogP contribution in [0.2, 0.25) is 0 Å². The van der Waals surface area contributed by atoms with Crippen molar-refractivity contribution >= 4 is 5.69 Å². The van der Waals surface area contributed by atoms with Crippen LogP contribution in [-0.2, 0) is 0 Å². The van der Waals surface area contributed by atoms with E-state index in [9.17, 15) is 5.11 Å². The van der Waals surface area contributed by atoms with Crippen LogP contribution in [-0.4, -0.2) is 24.7 Å². The van der Waals surface area contributed by atoms with Crippen LogP contribution in [0, 0.1) is 0 Å². The van der Waals surface area contributed by atoms with Gasteiger partial charge in [-0.05, 0) is 31.5 Å². The Balaban J connectivity index is 2.79.